The van der Waals surface area contributed by atoms with Gasteiger partial charge in [-0.15, -0.1) is 0 Å². The molecule has 2 aliphatic rings. The van der Waals surface area contributed by atoms with E-state index in [4.69, 9.17) is 4.74 Å². The van der Waals surface area contributed by atoms with Gasteiger partial charge in [0, 0.05) is 30.8 Å². The third-order valence-corrected chi connectivity index (χ3v) is 5.69. The van der Waals surface area contributed by atoms with E-state index in [9.17, 15) is 0 Å². The number of H-pyrrole nitrogens is 1. The Morgan fingerprint density at radius 2 is 1.92 bits per heavy atom. The maximum atomic E-state index is 6.03. The van der Waals surface area contributed by atoms with Crippen molar-refractivity contribution in [3.8, 4) is 0 Å². The van der Waals surface area contributed by atoms with Crippen LogP contribution in [-0.4, -0.2) is 36.0 Å². The van der Waals surface area contributed by atoms with Crippen LogP contribution in [0.2, 0.25) is 0 Å². The van der Waals surface area contributed by atoms with Gasteiger partial charge in [0.1, 0.15) is 0 Å². The molecule has 1 aromatic carbocycles. The summed E-state index contributed by atoms with van der Waals surface area (Å²) in [5.41, 5.74) is 2.44. The smallest absolute Gasteiger partial charge is 0.0749 e. The van der Waals surface area contributed by atoms with Crippen LogP contribution in [-0.2, 0) is 4.74 Å². The number of ether oxygens (including phenoxy) is 1. The highest BCUT2D eigenvalue weighted by Crippen LogP contribution is 2.29. The molecule has 4 heteroatoms. The number of fused-ring (bicyclic) bond motifs is 1. The van der Waals surface area contributed by atoms with E-state index in [0.717, 1.165) is 24.6 Å². The van der Waals surface area contributed by atoms with Gasteiger partial charge >= 0.3 is 0 Å². The van der Waals surface area contributed by atoms with Crippen molar-refractivity contribution in [1.82, 2.24) is 10.2 Å². The lowest BCUT2D eigenvalue weighted by molar-refractivity contribution is 0.0205. The van der Waals surface area contributed by atoms with Gasteiger partial charge < -0.3 is 9.64 Å². The van der Waals surface area contributed by atoms with Crippen molar-refractivity contribution in [3.05, 3.63) is 24.4 Å². The Hall–Kier alpha value is -1.55. The minimum atomic E-state index is 0.391. The highest BCUT2D eigenvalue weighted by molar-refractivity contribution is 5.82. The van der Waals surface area contributed by atoms with Crippen LogP contribution in [0.25, 0.3) is 10.9 Å². The Balaban J connectivity index is 1.53. The van der Waals surface area contributed by atoms with Crippen LogP contribution in [0.3, 0.4) is 0 Å². The highest BCUT2D eigenvalue weighted by atomic mass is 16.5. The molecule has 1 N–H and O–H groups in total. The molecule has 1 aliphatic carbocycles. The summed E-state index contributed by atoms with van der Waals surface area (Å²) in [6, 6.07) is 6.68. The Morgan fingerprint density at radius 1 is 1.04 bits per heavy atom. The fraction of sp³-hybridized carbons (Fsp3) is 0.650. The van der Waals surface area contributed by atoms with E-state index in [-0.39, 0.29) is 0 Å². The van der Waals surface area contributed by atoms with E-state index in [0.29, 0.717) is 6.10 Å². The third-order valence-electron chi connectivity index (χ3n) is 5.69. The average molecular weight is 327 g/mol. The molecular weight excluding hydrogens is 298 g/mol. The molecule has 2 aromatic rings. The molecule has 0 amide bonds. The minimum Gasteiger partial charge on any atom is -0.376 e. The molecule has 24 heavy (non-hydrogen) atoms. The summed E-state index contributed by atoms with van der Waals surface area (Å²) < 4.78 is 6.03. The third kappa shape index (κ3) is 3.75. The van der Waals surface area contributed by atoms with Gasteiger partial charge in [-0.05, 0) is 56.2 Å². The molecule has 130 valence electrons. The molecule has 0 spiro atoms. The van der Waals surface area contributed by atoms with Gasteiger partial charge in [0.2, 0.25) is 0 Å². The topological polar surface area (TPSA) is 41.2 Å². The number of aromatic nitrogens is 2. The first-order valence-electron chi connectivity index (χ1n) is 9.68. The van der Waals surface area contributed by atoms with E-state index in [1.54, 1.807) is 0 Å². The maximum absolute atomic E-state index is 6.03. The van der Waals surface area contributed by atoms with E-state index < -0.39 is 0 Å². The monoisotopic (exact) mass is 327 g/mol. The summed E-state index contributed by atoms with van der Waals surface area (Å²) in [7, 11) is 0. The standard InChI is InChI=1S/C20H29N3O/c1-2-6-16(7-3-1)14-23(15-19-8-4-5-11-24-19)18-9-10-20-17(12-18)13-21-22-20/h9-10,12-13,16,19H,1-8,11,14-15H2,(H,21,22). The zero-order valence-corrected chi connectivity index (χ0v) is 14.5. The number of hydrogen-bond donors (Lipinski definition) is 1. The fourth-order valence-electron chi connectivity index (χ4n) is 4.29. The van der Waals surface area contributed by atoms with Gasteiger partial charge in [-0.25, -0.2) is 0 Å². The molecule has 0 radical (unpaired) electrons. The quantitative estimate of drug-likeness (QED) is 0.878. The van der Waals surface area contributed by atoms with Crippen molar-refractivity contribution in [3.63, 3.8) is 0 Å². The number of rotatable bonds is 5. The van der Waals surface area contributed by atoms with Crippen molar-refractivity contribution >= 4 is 16.6 Å². The van der Waals surface area contributed by atoms with Crippen molar-refractivity contribution in [2.75, 3.05) is 24.6 Å². The lowest BCUT2D eigenvalue weighted by Crippen LogP contribution is -2.39. The molecule has 2 heterocycles. The first-order chi connectivity index (χ1) is 11.9. The molecule has 1 atom stereocenters. The number of anilines is 1. The van der Waals surface area contributed by atoms with E-state index in [2.05, 4.69) is 33.3 Å². The van der Waals surface area contributed by atoms with Crippen molar-refractivity contribution in [1.29, 1.82) is 0 Å². The summed E-state index contributed by atoms with van der Waals surface area (Å²) in [5, 5.41) is 8.42. The van der Waals surface area contributed by atoms with Gasteiger partial charge in [0.05, 0.1) is 17.8 Å². The Morgan fingerprint density at radius 3 is 2.75 bits per heavy atom. The molecule has 4 nitrogen and oxygen atoms in total. The van der Waals surface area contributed by atoms with Crippen LogP contribution < -0.4 is 4.90 Å². The lowest BCUT2D eigenvalue weighted by Gasteiger charge is -2.35. The molecule has 1 unspecified atom stereocenters. The Bertz CT molecular complexity index is 621. The van der Waals surface area contributed by atoms with Gasteiger partial charge in [0.25, 0.3) is 0 Å². The zero-order valence-electron chi connectivity index (χ0n) is 14.5. The van der Waals surface area contributed by atoms with Crippen LogP contribution in [0.5, 0.6) is 0 Å². The van der Waals surface area contributed by atoms with Crippen molar-refractivity contribution < 1.29 is 4.74 Å². The molecular formula is C20H29N3O. The maximum Gasteiger partial charge on any atom is 0.0749 e. The molecule has 1 saturated carbocycles. The van der Waals surface area contributed by atoms with Crippen LogP contribution in [0, 0.1) is 5.92 Å². The molecule has 0 bridgehead atoms. The van der Waals surface area contributed by atoms with Crippen molar-refractivity contribution in [2.45, 2.75) is 57.5 Å². The van der Waals surface area contributed by atoms with Crippen LogP contribution in [0.15, 0.2) is 24.4 Å². The first-order valence-corrected chi connectivity index (χ1v) is 9.68. The second kappa shape index (κ2) is 7.56. The number of benzene rings is 1. The molecule has 2 fully saturated rings. The Kier molecular flexibility index (Phi) is 5.02. The Labute approximate surface area is 144 Å². The SMILES string of the molecule is c1cc2[nH]ncc2cc1N(CC1CCCCC1)CC1CCCCO1. The second-order valence-corrected chi connectivity index (χ2v) is 7.54. The highest BCUT2D eigenvalue weighted by Gasteiger charge is 2.22. The van der Waals surface area contributed by atoms with Gasteiger partial charge in [-0.2, -0.15) is 5.10 Å². The molecule has 1 saturated heterocycles. The summed E-state index contributed by atoms with van der Waals surface area (Å²) in [5.74, 6) is 0.836. The van der Waals surface area contributed by atoms with E-state index in [1.807, 2.05) is 6.20 Å². The summed E-state index contributed by atoms with van der Waals surface area (Å²) in [6.45, 7) is 3.13. The largest absolute Gasteiger partial charge is 0.376 e. The normalized spacial score (nSPS) is 22.8. The summed E-state index contributed by atoms with van der Waals surface area (Å²) in [6.07, 6.45) is 13.0. The van der Waals surface area contributed by atoms with Crippen LogP contribution >= 0.6 is 0 Å². The van der Waals surface area contributed by atoms with Crippen LogP contribution in [0.1, 0.15) is 51.4 Å². The number of nitrogens with one attached hydrogen (secondary N) is 1. The second-order valence-electron chi connectivity index (χ2n) is 7.54. The fourth-order valence-corrected chi connectivity index (χ4v) is 4.29. The number of nitrogens with zero attached hydrogens (tertiary/aromatic N) is 2. The minimum absolute atomic E-state index is 0.391. The number of aromatic amines is 1. The average Bonchev–Trinajstić information content (AvgIpc) is 3.11. The number of hydrogen-bond acceptors (Lipinski definition) is 3. The molecule has 1 aromatic heterocycles. The first kappa shape index (κ1) is 15.9. The van der Waals surface area contributed by atoms with Gasteiger partial charge in [0.15, 0.2) is 0 Å². The van der Waals surface area contributed by atoms with Crippen molar-refractivity contribution in [2.24, 2.45) is 5.92 Å². The predicted molar refractivity (Wildman–Crippen MR) is 98.5 cm³/mol. The van der Waals surface area contributed by atoms with E-state index >= 15 is 0 Å². The molecule has 4 rings (SSSR count). The van der Waals surface area contributed by atoms with E-state index in [1.165, 1.54) is 69.0 Å². The summed E-state index contributed by atoms with van der Waals surface area (Å²) in [4.78, 5) is 2.58. The van der Waals surface area contributed by atoms with Gasteiger partial charge in [-0.1, -0.05) is 19.3 Å². The lowest BCUT2D eigenvalue weighted by atomic mass is 9.88. The van der Waals surface area contributed by atoms with Crippen LogP contribution in [0.4, 0.5) is 5.69 Å². The molecule has 1 aliphatic heterocycles. The van der Waals surface area contributed by atoms with Gasteiger partial charge in [-0.3, -0.25) is 5.10 Å². The summed E-state index contributed by atoms with van der Waals surface area (Å²) >= 11 is 0. The predicted octanol–water partition coefficient (Wildman–Crippen LogP) is 4.52. The zero-order chi connectivity index (χ0) is 16.2.